The number of amides is 1. The second-order valence-corrected chi connectivity index (χ2v) is 4.49. The molecule has 18 heavy (non-hydrogen) atoms. The van der Waals surface area contributed by atoms with E-state index in [0.29, 0.717) is 25.0 Å². The number of hydrogen-bond donors (Lipinski definition) is 2. The highest BCUT2D eigenvalue weighted by atomic mass is 16.5. The number of nitrogens with one attached hydrogen (secondary N) is 1. The zero-order chi connectivity index (χ0) is 13.5. The van der Waals surface area contributed by atoms with Crippen LogP contribution >= 0.6 is 0 Å². The van der Waals surface area contributed by atoms with Crippen LogP contribution in [0.1, 0.15) is 26.2 Å². The summed E-state index contributed by atoms with van der Waals surface area (Å²) < 4.78 is 10.1. The van der Waals surface area contributed by atoms with E-state index in [9.17, 15) is 9.59 Å². The van der Waals surface area contributed by atoms with Gasteiger partial charge in [-0.15, -0.1) is 0 Å². The molecule has 1 amide bonds. The molecule has 1 aliphatic carbocycles. The largest absolute Gasteiger partial charge is 0.479 e. The third-order valence-corrected chi connectivity index (χ3v) is 3.11. The predicted molar refractivity (Wildman–Crippen MR) is 64.2 cm³/mol. The second kappa shape index (κ2) is 7.33. The SMILES string of the molecule is CCOC1CC(CC(=O)NCC(OC)C(=O)O)C1. The molecule has 0 aromatic heterocycles. The number of rotatable bonds is 8. The summed E-state index contributed by atoms with van der Waals surface area (Å²) in [6.45, 7) is 2.67. The molecule has 0 aliphatic heterocycles. The molecule has 0 aromatic carbocycles. The molecule has 0 heterocycles. The van der Waals surface area contributed by atoms with Gasteiger partial charge in [0.25, 0.3) is 0 Å². The first-order valence-electron chi connectivity index (χ1n) is 6.20. The van der Waals surface area contributed by atoms with E-state index < -0.39 is 12.1 Å². The zero-order valence-electron chi connectivity index (χ0n) is 10.8. The lowest BCUT2D eigenvalue weighted by Gasteiger charge is -2.34. The number of methoxy groups -OCH3 is 1. The minimum atomic E-state index is -1.07. The summed E-state index contributed by atoms with van der Waals surface area (Å²) in [4.78, 5) is 22.2. The van der Waals surface area contributed by atoms with E-state index in [4.69, 9.17) is 14.6 Å². The Balaban J connectivity index is 2.13. The van der Waals surface area contributed by atoms with Crippen LogP contribution in [0.15, 0.2) is 0 Å². The summed E-state index contributed by atoms with van der Waals surface area (Å²) in [7, 11) is 1.31. The topological polar surface area (TPSA) is 84.9 Å². The smallest absolute Gasteiger partial charge is 0.334 e. The monoisotopic (exact) mass is 259 g/mol. The number of hydrogen-bond acceptors (Lipinski definition) is 4. The lowest BCUT2D eigenvalue weighted by atomic mass is 9.80. The van der Waals surface area contributed by atoms with E-state index in [-0.39, 0.29) is 12.5 Å². The van der Waals surface area contributed by atoms with Crippen molar-refractivity contribution in [3.63, 3.8) is 0 Å². The number of carboxylic acid groups (broad SMARTS) is 1. The van der Waals surface area contributed by atoms with Crippen LogP contribution in [0.5, 0.6) is 0 Å². The average molecular weight is 259 g/mol. The van der Waals surface area contributed by atoms with Crippen LogP contribution in [0, 0.1) is 5.92 Å². The molecule has 6 nitrogen and oxygen atoms in total. The molecule has 0 spiro atoms. The van der Waals surface area contributed by atoms with Crippen LogP contribution < -0.4 is 5.32 Å². The van der Waals surface area contributed by atoms with Crippen LogP contribution in [0.3, 0.4) is 0 Å². The quantitative estimate of drug-likeness (QED) is 0.659. The third kappa shape index (κ3) is 4.62. The molecular weight excluding hydrogens is 238 g/mol. The van der Waals surface area contributed by atoms with Gasteiger partial charge >= 0.3 is 5.97 Å². The fourth-order valence-electron chi connectivity index (χ4n) is 2.03. The Morgan fingerprint density at radius 2 is 2.11 bits per heavy atom. The number of aliphatic carboxylic acids is 1. The van der Waals surface area contributed by atoms with Gasteiger partial charge in [-0.2, -0.15) is 0 Å². The van der Waals surface area contributed by atoms with Crippen molar-refractivity contribution >= 4 is 11.9 Å². The van der Waals surface area contributed by atoms with Gasteiger partial charge < -0.3 is 19.9 Å². The van der Waals surface area contributed by atoms with E-state index in [0.717, 1.165) is 12.8 Å². The number of carboxylic acids is 1. The summed E-state index contributed by atoms with van der Waals surface area (Å²) in [6.07, 6.45) is 1.56. The molecule has 1 atom stereocenters. The van der Waals surface area contributed by atoms with Crippen molar-refractivity contribution in [2.45, 2.75) is 38.4 Å². The Morgan fingerprint density at radius 3 is 2.61 bits per heavy atom. The van der Waals surface area contributed by atoms with Crippen molar-refractivity contribution in [2.75, 3.05) is 20.3 Å². The molecule has 0 bridgehead atoms. The van der Waals surface area contributed by atoms with Gasteiger partial charge in [-0.3, -0.25) is 4.79 Å². The lowest BCUT2D eigenvalue weighted by Crippen LogP contribution is -2.40. The van der Waals surface area contributed by atoms with E-state index in [1.165, 1.54) is 7.11 Å². The maximum absolute atomic E-state index is 11.6. The van der Waals surface area contributed by atoms with Crippen LogP contribution in [0.25, 0.3) is 0 Å². The number of ether oxygens (including phenoxy) is 2. The maximum atomic E-state index is 11.6. The molecule has 1 aliphatic rings. The minimum absolute atomic E-state index is 0.00623. The normalized spacial score (nSPS) is 24.1. The number of carbonyl (C=O) groups is 2. The Labute approximate surface area is 107 Å². The third-order valence-electron chi connectivity index (χ3n) is 3.11. The van der Waals surface area contributed by atoms with Crippen LogP contribution in [0.4, 0.5) is 0 Å². The van der Waals surface area contributed by atoms with Crippen LogP contribution in [0.2, 0.25) is 0 Å². The first kappa shape index (κ1) is 14.9. The molecular formula is C12H21NO5. The maximum Gasteiger partial charge on any atom is 0.334 e. The summed E-state index contributed by atoms with van der Waals surface area (Å²) in [5, 5.41) is 11.3. The minimum Gasteiger partial charge on any atom is -0.479 e. The van der Waals surface area contributed by atoms with Crippen molar-refractivity contribution in [3.8, 4) is 0 Å². The van der Waals surface area contributed by atoms with Gasteiger partial charge in [0.2, 0.25) is 5.91 Å². The van der Waals surface area contributed by atoms with Crippen LogP contribution in [-0.2, 0) is 19.1 Å². The van der Waals surface area contributed by atoms with E-state index in [1.807, 2.05) is 6.92 Å². The van der Waals surface area contributed by atoms with Crippen molar-refractivity contribution in [1.29, 1.82) is 0 Å². The molecule has 0 radical (unpaired) electrons. The summed E-state index contributed by atoms with van der Waals surface area (Å²) in [5.74, 6) is -0.844. The molecule has 6 heteroatoms. The van der Waals surface area contributed by atoms with Gasteiger partial charge in [0.1, 0.15) is 0 Å². The first-order valence-corrected chi connectivity index (χ1v) is 6.20. The van der Waals surface area contributed by atoms with Gasteiger partial charge in [0.05, 0.1) is 12.6 Å². The molecule has 0 saturated heterocycles. The van der Waals surface area contributed by atoms with E-state index in [2.05, 4.69) is 5.32 Å². The Hall–Kier alpha value is -1.14. The molecule has 1 rings (SSSR count). The van der Waals surface area contributed by atoms with Gasteiger partial charge in [0, 0.05) is 20.1 Å². The molecule has 0 aromatic rings. The highest BCUT2D eigenvalue weighted by molar-refractivity contribution is 5.78. The molecule has 104 valence electrons. The van der Waals surface area contributed by atoms with Gasteiger partial charge in [0.15, 0.2) is 6.10 Å². The van der Waals surface area contributed by atoms with Gasteiger partial charge in [-0.1, -0.05) is 0 Å². The predicted octanol–water partition coefficient (Wildman–Crippen LogP) is 0.407. The van der Waals surface area contributed by atoms with Gasteiger partial charge in [-0.25, -0.2) is 4.79 Å². The lowest BCUT2D eigenvalue weighted by molar-refractivity contribution is -0.148. The van der Waals surface area contributed by atoms with E-state index >= 15 is 0 Å². The highest BCUT2D eigenvalue weighted by Gasteiger charge is 2.31. The fraction of sp³-hybridized carbons (Fsp3) is 0.833. The van der Waals surface area contributed by atoms with Crippen LogP contribution in [-0.4, -0.2) is 49.5 Å². The Bertz CT molecular complexity index is 288. The highest BCUT2D eigenvalue weighted by Crippen LogP contribution is 2.32. The van der Waals surface area contributed by atoms with Gasteiger partial charge in [-0.05, 0) is 25.7 Å². The average Bonchev–Trinajstić information content (AvgIpc) is 2.26. The van der Waals surface area contributed by atoms with Crippen molar-refractivity contribution in [3.05, 3.63) is 0 Å². The summed E-state index contributed by atoms with van der Waals surface area (Å²) >= 11 is 0. The Morgan fingerprint density at radius 1 is 1.44 bits per heavy atom. The molecule has 2 N–H and O–H groups in total. The van der Waals surface area contributed by atoms with Crippen molar-refractivity contribution in [1.82, 2.24) is 5.32 Å². The Kier molecular flexibility index (Phi) is 6.07. The van der Waals surface area contributed by atoms with Crippen molar-refractivity contribution in [2.24, 2.45) is 5.92 Å². The fourth-order valence-corrected chi connectivity index (χ4v) is 2.03. The second-order valence-electron chi connectivity index (χ2n) is 4.49. The standard InChI is InChI=1S/C12H21NO5/c1-3-18-9-4-8(5-9)6-11(14)13-7-10(17-2)12(15)16/h8-10H,3-7H2,1-2H3,(H,13,14)(H,15,16). The van der Waals surface area contributed by atoms with Crippen molar-refractivity contribution < 1.29 is 24.2 Å². The molecule has 1 fully saturated rings. The first-order chi connectivity index (χ1) is 8.56. The summed E-state index contributed by atoms with van der Waals surface area (Å²) in [5.41, 5.74) is 0. The summed E-state index contributed by atoms with van der Waals surface area (Å²) in [6, 6.07) is 0. The molecule has 1 saturated carbocycles. The molecule has 1 unspecified atom stereocenters. The van der Waals surface area contributed by atoms with E-state index in [1.54, 1.807) is 0 Å². The zero-order valence-corrected chi connectivity index (χ0v) is 10.8. The number of carbonyl (C=O) groups excluding carboxylic acids is 1.